The summed E-state index contributed by atoms with van der Waals surface area (Å²) in [7, 11) is -3.43. The summed E-state index contributed by atoms with van der Waals surface area (Å²) in [5.41, 5.74) is 2.26. The van der Waals surface area contributed by atoms with Crippen LogP contribution in [0, 0.1) is 6.92 Å². The molecule has 9 heteroatoms. The van der Waals surface area contributed by atoms with Crippen LogP contribution in [0.1, 0.15) is 42.5 Å². The Hall–Kier alpha value is -1.90. The Morgan fingerprint density at radius 1 is 1.21 bits per heavy atom. The number of aryl methyl sites for hydroxylation is 1. The molecular weight excluding hydrogens is 402 g/mol. The molecule has 2 heterocycles. The fourth-order valence-corrected chi connectivity index (χ4v) is 4.98. The Balaban J connectivity index is 1.52. The number of amides is 1. The molecule has 7 nitrogen and oxygen atoms in total. The van der Waals surface area contributed by atoms with E-state index in [2.05, 4.69) is 10.5 Å². The van der Waals surface area contributed by atoms with Gasteiger partial charge in [-0.15, -0.1) is 0 Å². The van der Waals surface area contributed by atoms with Crippen LogP contribution in [0.5, 0.6) is 0 Å². The minimum absolute atomic E-state index is 0.123. The third-order valence-corrected chi connectivity index (χ3v) is 7.11. The zero-order valence-corrected chi connectivity index (χ0v) is 17.4. The Morgan fingerprint density at radius 3 is 2.50 bits per heavy atom. The van der Waals surface area contributed by atoms with E-state index in [0.29, 0.717) is 36.6 Å². The summed E-state index contributed by atoms with van der Waals surface area (Å²) in [5, 5.41) is 6.81. The number of rotatable bonds is 7. The number of carbonyl (C=O) groups is 1. The highest BCUT2D eigenvalue weighted by Gasteiger charge is 2.25. The van der Waals surface area contributed by atoms with Gasteiger partial charge in [-0.2, -0.15) is 4.31 Å². The summed E-state index contributed by atoms with van der Waals surface area (Å²) < 4.78 is 31.7. The van der Waals surface area contributed by atoms with E-state index in [4.69, 9.17) is 16.1 Å². The number of nitrogens with one attached hydrogen (secondary N) is 1. The standard InChI is InChI=1S/C19H24ClN3O4S/c1-14-17(19(20)27-22-14)9-10-18(24)21-13-15-5-7-16(8-6-15)28(25,26)23-11-3-2-4-12-23/h5-8H,2-4,9-13H2,1H3,(H,21,24). The lowest BCUT2D eigenvalue weighted by Gasteiger charge is -2.25. The van der Waals surface area contributed by atoms with Crippen molar-refractivity contribution in [3.63, 3.8) is 0 Å². The summed E-state index contributed by atoms with van der Waals surface area (Å²) >= 11 is 5.90. The van der Waals surface area contributed by atoms with Crippen molar-refractivity contribution in [3.05, 3.63) is 46.3 Å². The van der Waals surface area contributed by atoms with Gasteiger partial charge in [-0.1, -0.05) is 23.7 Å². The zero-order chi connectivity index (χ0) is 20.1. The molecular formula is C19H24ClN3O4S. The predicted octanol–water partition coefficient (Wildman–Crippen LogP) is 3.06. The van der Waals surface area contributed by atoms with Crippen molar-refractivity contribution >= 4 is 27.5 Å². The van der Waals surface area contributed by atoms with Gasteiger partial charge in [0.1, 0.15) is 0 Å². The first-order valence-corrected chi connectivity index (χ1v) is 11.2. The quantitative estimate of drug-likeness (QED) is 0.735. The first-order chi connectivity index (χ1) is 13.4. The molecule has 0 saturated carbocycles. The van der Waals surface area contributed by atoms with Crippen molar-refractivity contribution in [3.8, 4) is 0 Å². The summed E-state index contributed by atoms with van der Waals surface area (Å²) in [4.78, 5) is 12.4. The van der Waals surface area contributed by atoms with Crippen LogP contribution in [0.2, 0.25) is 5.22 Å². The average molecular weight is 426 g/mol. The molecule has 2 aromatic rings. The van der Waals surface area contributed by atoms with E-state index in [-0.39, 0.29) is 17.5 Å². The van der Waals surface area contributed by atoms with Gasteiger partial charge in [0, 0.05) is 31.6 Å². The maximum Gasteiger partial charge on any atom is 0.243 e. The second-order valence-electron chi connectivity index (χ2n) is 6.91. The lowest BCUT2D eigenvalue weighted by atomic mass is 10.1. The molecule has 0 spiro atoms. The zero-order valence-electron chi connectivity index (χ0n) is 15.8. The maximum atomic E-state index is 12.6. The Morgan fingerprint density at radius 2 is 1.89 bits per heavy atom. The molecule has 1 aliphatic heterocycles. The van der Waals surface area contributed by atoms with Crippen LogP contribution < -0.4 is 5.32 Å². The number of aromatic nitrogens is 1. The molecule has 0 aliphatic carbocycles. The highest BCUT2D eigenvalue weighted by atomic mass is 35.5. The SMILES string of the molecule is Cc1noc(Cl)c1CCC(=O)NCc1ccc(S(=O)(=O)N2CCCCC2)cc1. The number of carbonyl (C=O) groups excluding carboxylic acids is 1. The van der Waals surface area contributed by atoms with Gasteiger partial charge in [0.15, 0.2) is 0 Å². The van der Waals surface area contributed by atoms with Crippen molar-refractivity contribution in [2.45, 2.75) is 50.5 Å². The van der Waals surface area contributed by atoms with Crippen LogP contribution in [0.15, 0.2) is 33.7 Å². The van der Waals surface area contributed by atoms with E-state index in [1.54, 1.807) is 35.5 Å². The molecule has 3 rings (SSSR count). The molecule has 1 N–H and O–H groups in total. The molecule has 1 aromatic heterocycles. The monoisotopic (exact) mass is 425 g/mol. The Kier molecular flexibility index (Phi) is 6.74. The first kappa shape index (κ1) is 20.8. The largest absolute Gasteiger partial charge is 0.352 e. The molecule has 1 amide bonds. The number of halogens is 1. The van der Waals surface area contributed by atoms with Gasteiger partial charge in [0.25, 0.3) is 0 Å². The summed E-state index contributed by atoms with van der Waals surface area (Å²) in [6, 6.07) is 6.67. The lowest BCUT2D eigenvalue weighted by molar-refractivity contribution is -0.121. The average Bonchev–Trinajstić information content (AvgIpc) is 3.03. The van der Waals surface area contributed by atoms with Crippen LogP contribution in [0.3, 0.4) is 0 Å². The third kappa shape index (κ3) is 4.92. The number of hydrogen-bond acceptors (Lipinski definition) is 5. The van der Waals surface area contributed by atoms with Crippen molar-refractivity contribution in [1.29, 1.82) is 0 Å². The van der Waals surface area contributed by atoms with Crippen LogP contribution in [0.4, 0.5) is 0 Å². The van der Waals surface area contributed by atoms with E-state index in [1.165, 1.54) is 0 Å². The van der Waals surface area contributed by atoms with Gasteiger partial charge in [0.05, 0.1) is 10.6 Å². The molecule has 1 aromatic carbocycles. The normalized spacial score (nSPS) is 15.5. The second kappa shape index (κ2) is 9.07. The van der Waals surface area contributed by atoms with Gasteiger partial charge in [0.2, 0.25) is 21.1 Å². The number of piperidine rings is 1. The molecule has 1 fully saturated rings. The van der Waals surface area contributed by atoms with E-state index in [1.807, 2.05) is 0 Å². The molecule has 0 radical (unpaired) electrons. The van der Waals surface area contributed by atoms with Gasteiger partial charge < -0.3 is 9.84 Å². The van der Waals surface area contributed by atoms with E-state index in [0.717, 1.165) is 30.4 Å². The maximum absolute atomic E-state index is 12.6. The number of nitrogens with zero attached hydrogens (tertiary/aromatic N) is 2. The number of sulfonamides is 1. The van der Waals surface area contributed by atoms with Gasteiger partial charge in [-0.3, -0.25) is 4.79 Å². The third-order valence-electron chi connectivity index (χ3n) is 4.90. The summed E-state index contributed by atoms with van der Waals surface area (Å²) in [6.07, 6.45) is 3.61. The highest BCUT2D eigenvalue weighted by Crippen LogP contribution is 2.22. The first-order valence-electron chi connectivity index (χ1n) is 9.34. The summed E-state index contributed by atoms with van der Waals surface area (Å²) in [6.45, 7) is 3.27. The van der Waals surface area contributed by atoms with Crippen molar-refractivity contribution < 1.29 is 17.7 Å². The van der Waals surface area contributed by atoms with E-state index < -0.39 is 10.0 Å². The van der Waals surface area contributed by atoms with E-state index in [9.17, 15) is 13.2 Å². The van der Waals surface area contributed by atoms with Crippen molar-refractivity contribution in [2.75, 3.05) is 13.1 Å². The fraction of sp³-hybridized carbons (Fsp3) is 0.474. The number of benzene rings is 1. The minimum Gasteiger partial charge on any atom is -0.352 e. The van der Waals surface area contributed by atoms with Crippen LogP contribution in [0.25, 0.3) is 0 Å². The smallest absolute Gasteiger partial charge is 0.243 e. The van der Waals surface area contributed by atoms with Gasteiger partial charge in [-0.25, -0.2) is 8.42 Å². The second-order valence-corrected chi connectivity index (χ2v) is 9.19. The molecule has 0 unspecified atom stereocenters. The van der Waals surface area contributed by atoms with Crippen molar-refractivity contribution in [1.82, 2.24) is 14.8 Å². The molecule has 152 valence electrons. The van der Waals surface area contributed by atoms with Gasteiger partial charge >= 0.3 is 0 Å². The molecule has 1 aliphatic rings. The van der Waals surface area contributed by atoms with Crippen LogP contribution in [-0.2, 0) is 27.8 Å². The van der Waals surface area contributed by atoms with Crippen LogP contribution in [-0.4, -0.2) is 36.9 Å². The Labute approximate surface area is 170 Å². The van der Waals surface area contributed by atoms with Crippen molar-refractivity contribution in [2.24, 2.45) is 0 Å². The topological polar surface area (TPSA) is 92.5 Å². The lowest BCUT2D eigenvalue weighted by Crippen LogP contribution is -2.35. The van der Waals surface area contributed by atoms with Gasteiger partial charge in [-0.05, 0) is 55.5 Å². The fourth-order valence-electron chi connectivity index (χ4n) is 3.20. The molecule has 0 atom stereocenters. The van der Waals surface area contributed by atoms with Crippen LogP contribution >= 0.6 is 11.6 Å². The molecule has 1 saturated heterocycles. The highest BCUT2D eigenvalue weighted by molar-refractivity contribution is 7.89. The number of hydrogen-bond donors (Lipinski definition) is 1. The molecule has 28 heavy (non-hydrogen) atoms. The molecule has 0 bridgehead atoms. The Bertz CT molecular complexity index is 900. The predicted molar refractivity (Wildman–Crippen MR) is 105 cm³/mol. The summed E-state index contributed by atoms with van der Waals surface area (Å²) in [5.74, 6) is -0.123. The van der Waals surface area contributed by atoms with E-state index >= 15 is 0 Å². The minimum atomic E-state index is -3.43.